The van der Waals surface area contributed by atoms with E-state index in [1.54, 1.807) is 17.4 Å². The number of aromatic nitrogens is 1. The number of rotatable bonds is 3. The summed E-state index contributed by atoms with van der Waals surface area (Å²) in [6.07, 6.45) is 4.85. The molecular weight excluding hydrogens is 286 g/mol. The molecule has 0 fully saturated rings. The predicted molar refractivity (Wildman–Crippen MR) is 83.6 cm³/mol. The van der Waals surface area contributed by atoms with Crippen LogP contribution in [0.15, 0.2) is 23.7 Å². The van der Waals surface area contributed by atoms with Crippen LogP contribution < -0.4 is 11.1 Å². The number of anilines is 2. The van der Waals surface area contributed by atoms with Gasteiger partial charge in [-0.05, 0) is 42.3 Å². The van der Waals surface area contributed by atoms with Gasteiger partial charge in [0.1, 0.15) is 5.82 Å². The summed E-state index contributed by atoms with van der Waals surface area (Å²) in [4.78, 5) is 17.4. The number of fused-ring (bicyclic) bond motifs is 1. The molecule has 3 N–H and O–H groups in total. The monoisotopic (exact) mass is 303 g/mol. The lowest BCUT2D eigenvalue weighted by molar-refractivity contribution is 0.0602. The zero-order valence-corrected chi connectivity index (χ0v) is 12.6. The number of methoxy groups -OCH3 is 1. The van der Waals surface area contributed by atoms with Gasteiger partial charge in [-0.3, -0.25) is 0 Å². The molecule has 0 spiro atoms. The fourth-order valence-corrected chi connectivity index (χ4v) is 3.63. The van der Waals surface area contributed by atoms with Crippen molar-refractivity contribution in [2.24, 2.45) is 0 Å². The van der Waals surface area contributed by atoms with E-state index < -0.39 is 5.97 Å². The summed E-state index contributed by atoms with van der Waals surface area (Å²) in [6.45, 7) is 0. The zero-order valence-electron chi connectivity index (χ0n) is 11.8. The number of nitrogens with zero attached hydrogens (tertiary/aromatic N) is 1. The second kappa shape index (κ2) is 5.73. The number of aryl methyl sites for hydroxylation is 1. The van der Waals surface area contributed by atoms with E-state index in [2.05, 4.69) is 21.7 Å². The minimum Gasteiger partial charge on any atom is -0.465 e. The van der Waals surface area contributed by atoms with Crippen LogP contribution in [0, 0.1) is 0 Å². The first-order valence-electron chi connectivity index (χ1n) is 6.85. The van der Waals surface area contributed by atoms with Crippen molar-refractivity contribution in [3.63, 3.8) is 0 Å². The van der Waals surface area contributed by atoms with Crippen molar-refractivity contribution in [3.8, 4) is 0 Å². The van der Waals surface area contributed by atoms with E-state index in [9.17, 15) is 4.79 Å². The molecule has 0 radical (unpaired) electrons. The molecular formula is C15H17N3O2S. The van der Waals surface area contributed by atoms with Gasteiger partial charge in [0.05, 0.1) is 30.6 Å². The molecule has 6 heteroatoms. The molecule has 1 aliphatic rings. The molecule has 0 aliphatic heterocycles. The van der Waals surface area contributed by atoms with Crippen molar-refractivity contribution >= 4 is 28.8 Å². The van der Waals surface area contributed by atoms with Crippen molar-refractivity contribution in [2.75, 3.05) is 18.2 Å². The SMILES string of the molecule is COC(=O)c1cc(NC2CCCc3sccc32)ncc1N. The molecule has 0 saturated carbocycles. The van der Waals surface area contributed by atoms with Crippen LogP contribution in [-0.2, 0) is 11.2 Å². The zero-order chi connectivity index (χ0) is 14.8. The molecule has 1 atom stereocenters. The van der Waals surface area contributed by atoms with E-state index in [4.69, 9.17) is 10.5 Å². The third kappa shape index (κ3) is 2.71. The Morgan fingerprint density at radius 3 is 3.24 bits per heavy atom. The first-order chi connectivity index (χ1) is 10.2. The maximum Gasteiger partial charge on any atom is 0.340 e. The third-order valence-electron chi connectivity index (χ3n) is 3.71. The lowest BCUT2D eigenvalue weighted by Gasteiger charge is -2.24. The molecule has 1 aliphatic carbocycles. The molecule has 0 aromatic carbocycles. The second-order valence-electron chi connectivity index (χ2n) is 5.04. The highest BCUT2D eigenvalue weighted by Crippen LogP contribution is 2.35. The molecule has 110 valence electrons. The Bertz CT molecular complexity index is 669. The Kier molecular flexibility index (Phi) is 3.79. The van der Waals surface area contributed by atoms with Gasteiger partial charge in [0.25, 0.3) is 0 Å². The molecule has 0 saturated heterocycles. The topological polar surface area (TPSA) is 77.2 Å². The maximum absolute atomic E-state index is 11.7. The van der Waals surface area contributed by atoms with Crippen LogP contribution in [-0.4, -0.2) is 18.1 Å². The third-order valence-corrected chi connectivity index (χ3v) is 4.71. The minimum atomic E-state index is -0.446. The van der Waals surface area contributed by atoms with Gasteiger partial charge in [-0.15, -0.1) is 11.3 Å². The molecule has 1 unspecified atom stereocenters. The number of esters is 1. The second-order valence-corrected chi connectivity index (χ2v) is 6.04. The highest BCUT2D eigenvalue weighted by molar-refractivity contribution is 7.10. The van der Waals surface area contributed by atoms with Gasteiger partial charge in [0.15, 0.2) is 0 Å². The number of pyridine rings is 1. The summed E-state index contributed by atoms with van der Waals surface area (Å²) in [5.74, 6) is 0.200. The Hall–Kier alpha value is -2.08. The number of ether oxygens (including phenoxy) is 1. The predicted octanol–water partition coefficient (Wildman–Crippen LogP) is 3.00. The summed E-state index contributed by atoms with van der Waals surface area (Å²) < 4.78 is 4.73. The Balaban J connectivity index is 1.85. The standard InChI is InChI=1S/C15H17N3O2S/c1-20-15(19)10-7-14(17-8-11(10)16)18-12-3-2-4-13-9(12)5-6-21-13/h5-8,12H,2-4,16H2,1H3,(H,17,18). The molecule has 2 aromatic heterocycles. The number of nitrogens with two attached hydrogens (primary N) is 1. The number of hydrogen-bond acceptors (Lipinski definition) is 6. The van der Waals surface area contributed by atoms with Crippen molar-refractivity contribution in [2.45, 2.75) is 25.3 Å². The molecule has 0 amide bonds. The number of carbonyl (C=O) groups excluding carboxylic acids is 1. The largest absolute Gasteiger partial charge is 0.465 e. The highest BCUT2D eigenvalue weighted by atomic mass is 32.1. The van der Waals surface area contributed by atoms with Crippen LogP contribution in [0.25, 0.3) is 0 Å². The van der Waals surface area contributed by atoms with Crippen LogP contribution in [0.1, 0.15) is 39.7 Å². The van der Waals surface area contributed by atoms with E-state index in [1.165, 1.54) is 23.7 Å². The van der Waals surface area contributed by atoms with Gasteiger partial charge in [-0.1, -0.05) is 0 Å². The van der Waals surface area contributed by atoms with E-state index in [1.807, 2.05) is 0 Å². The molecule has 2 aromatic rings. The fraction of sp³-hybridized carbons (Fsp3) is 0.333. The molecule has 2 heterocycles. The average molecular weight is 303 g/mol. The van der Waals surface area contributed by atoms with Crippen LogP contribution in [0.2, 0.25) is 0 Å². The van der Waals surface area contributed by atoms with Crippen LogP contribution in [0.3, 0.4) is 0 Å². The smallest absolute Gasteiger partial charge is 0.340 e. The van der Waals surface area contributed by atoms with Gasteiger partial charge >= 0.3 is 5.97 Å². The van der Waals surface area contributed by atoms with Gasteiger partial charge in [-0.25, -0.2) is 9.78 Å². The quantitative estimate of drug-likeness (QED) is 0.852. The van der Waals surface area contributed by atoms with Crippen molar-refractivity contribution < 1.29 is 9.53 Å². The number of hydrogen-bond donors (Lipinski definition) is 2. The summed E-state index contributed by atoms with van der Waals surface area (Å²) >= 11 is 1.80. The summed E-state index contributed by atoms with van der Waals surface area (Å²) in [5, 5.41) is 5.53. The average Bonchev–Trinajstić information content (AvgIpc) is 2.98. The molecule has 21 heavy (non-hydrogen) atoms. The fourth-order valence-electron chi connectivity index (χ4n) is 2.65. The molecule has 3 rings (SSSR count). The van der Waals surface area contributed by atoms with E-state index >= 15 is 0 Å². The Morgan fingerprint density at radius 2 is 2.43 bits per heavy atom. The summed E-state index contributed by atoms with van der Waals surface area (Å²) in [7, 11) is 1.34. The van der Waals surface area contributed by atoms with E-state index in [0.717, 1.165) is 19.3 Å². The summed E-state index contributed by atoms with van der Waals surface area (Å²) in [6, 6.07) is 4.05. The van der Waals surface area contributed by atoms with Crippen molar-refractivity contribution in [1.29, 1.82) is 0 Å². The Labute approximate surface area is 127 Å². The van der Waals surface area contributed by atoms with Gasteiger partial charge in [0.2, 0.25) is 0 Å². The lowest BCUT2D eigenvalue weighted by atomic mass is 9.94. The first-order valence-corrected chi connectivity index (χ1v) is 7.73. The number of thiophene rings is 1. The van der Waals surface area contributed by atoms with Crippen molar-refractivity contribution in [1.82, 2.24) is 4.98 Å². The van der Waals surface area contributed by atoms with Crippen LogP contribution in [0.4, 0.5) is 11.5 Å². The highest BCUT2D eigenvalue weighted by Gasteiger charge is 2.22. The van der Waals surface area contributed by atoms with Crippen LogP contribution in [0.5, 0.6) is 0 Å². The van der Waals surface area contributed by atoms with E-state index in [0.29, 0.717) is 17.1 Å². The number of carbonyl (C=O) groups is 1. The van der Waals surface area contributed by atoms with Crippen molar-refractivity contribution in [3.05, 3.63) is 39.7 Å². The van der Waals surface area contributed by atoms with Crippen LogP contribution >= 0.6 is 11.3 Å². The first kappa shape index (κ1) is 13.9. The minimum absolute atomic E-state index is 0.238. The molecule has 5 nitrogen and oxygen atoms in total. The molecule has 0 bridgehead atoms. The number of nitrogen functional groups attached to an aromatic ring is 1. The van der Waals surface area contributed by atoms with E-state index in [-0.39, 0.29) is 6.04 Å². The van der Waals surface area contributed by atoms with Gasteiger partial charge < -0.3 is 15.8 Å². The number of nitrogens with one attached hydrogen (secondary N) is 1. The Morgan fingerprint density at radius 1 is 1.57 bits per heavy atom. The van der Waals surface area contributed by atoms with Gasteiger partial charge in [-0.2, -0.15) is 0 Å². The van der Waals surface area contributed by atoms with Gasteiger partial charge in [0, 0.05) is 4.88 Å². The summed E-state index contributed by atoms with van der Waals surface area (Å²) in [5.41, 5.74) is 7.78. The maximum atomic E-state index is 11.7. The normalized spacial score (nSPS) is 17.1. The lowest BCUT2D eigenvalue weighted by Crippen LogP contribution is -2.17.